The Labute approximate surface area is 109 Å². The molecule has 1 N–H and O–H groups in total. The second kappa shape index (κ2) is 5.40. The van der Waals surface area contributed by atoms with E-state index in [2.05, 4.69) is 22.1 Å². The summed E-state index contributed by atoms with van der Waals surface area (Å²) in [5.74, 6) is 0.381. The zero-order chi connectivity index (χ0) is 13.1. The van der Waals surface area contributed by atoms with Gasteiger partial charge in [0.25, 0.3) is 0 Å². The van der Waals surface area contributed by atoms with Crippen LogP contribution in [0.3, 0.4) is 0 Å². The number of phenols is 1. The predicted molar refractivity (Wildman–Crippen MR) is 74.2 cm³/mol. The molecule has 18 heavy (non-hydrogen) atoms. The average molecular weight is 247 g/mol. The number of likely N-dealkylation sites (N-methyl/N-ethyl adjacent to an activating group) is 1. The summed E-state index contributed by atoms with van der Waals surface area (Å²) >= 11 is 0. The summed E-state index contributed by atoms with van der Waals surface area (Å²) in [6.07, 6.45) is 1.88. The second-order valence-electron chi connectivity index (χ2n) is 5.00. The topological polar surface area (TPSA) is 39.1 Å². The van der Waals surface area contributed by atoms with E-state index in [4.69, 9.17) is 0 Å². The smallest absolute Gasteiger partial charge is 0.121 e. The molecule has 0 unspecified atom stereocenters. The van der Waals surface area contributed by atoms with Crippen molar-refractivity contribution in [1.29, 1.82) is 0 Å². The summed E-state index contributed by atoms with van der Waals surface area (Å²) in [6.45, 7) is 7.90. The highest BCUT2D eigenvalue weighted by Crippen LogP contribution is 2.22. The fraction of sp³-hybridized carbons (Fsp3) is 0.500. The summed E-state index contributed by atoms with van der Waals surface area (Å²) in [7, 11) is 2.13. The van der Waals surface area contributed by atoms with E-state index in [1.165, 1.54) is 0 Å². The van der Waals surface area contributed by atoms with Crippen molar-refractivity contribution in [1.82, 2.24) is 9.91 Å². The lowest BCUT2D eigenvalue weighted by molar-refractivity contribution is 0.159. The number of phenolic OH excluding ortho intramolecular Hbond substituents is 1. The van der Waals surface area contributed by atoms with Crippen LogP contribution in [0.1, 0.15) is 16.7 Å². The molecule has 1 aliphatic heterocycles. The van der Waals surface area contributed by atoms with Gasteiger partial charge in [0.1, 0.15) is 5.75 Å². The summed E-state index contributed by atoms with van der Waals surface area (Å²) < 4.78 is 0. The Kier molecular flexibility index (Phi) is 3.87. The van der Waals surface area contributed by atoms with Crippen molar-refractivity contribution < 1.29 is 5.11 Å². The maximum absolute atomic E-state index is 9.72. The summed E-state index contributed by atoms with van der Waals surface area (Å²) in [6, 6.07) is 3.92. The van der Waals surface area contributed by atoms with Gasteiger partial charge in [0.15, 0.2) is 0 Å². The number of hydrogen-bond donors (Lipinski definition) is 1. The molecule has 1 aliphatic rings. The van der Waals surface area contributed by atoms with Gasteiger partial charge in [-0.2, -0.15) is 5.10 Å². The SMILES string of the molecule is Cc1cc(C=NN2CCN(C)CC2)cc(C)c1O. The lowest BCUT2D eigenvalue weighted by Gasteiger charge is -2.30. The first kappa shape index (κ1) is 12.9. The Bertz CT molecular complexity index is 425. The monoisotopic (exact) mass is 247 g/mol. The third-order valence-corrected chi connectivity index (χ3v) is 3.36. The fourth-order valence-electron chi connectivity index (χ4n) is 2.12. The lowest BCUT2D eigenvalue weighted by atomic mass is 10.1. The van der Waals surface area contributed by atoms with Crippen LogP contribution in [-0.2, 0) is 0 Å². The zero-order valence-electron chi connectivity index (χ0n) is 11.3. The fourth-order valence-corrected chi connectivity index (χ4v) is 2.12. The van der Waals surface area contributed by atoms with Gasteiger partial charge in [-0.25, -0.2) is 0 Å². The highest BCUT2D eigenvalue weighted by atomic mass is 16.3. The molecule has 1 heterocycles. The number of piperazine rings is 1. The van der Waals surface area contributed by atoms with E-state index in [-0.39, 0.29) is 0 Å². The van der Waals surface area contributed by atoms with Crippen molar-refractivity contribution in [2.45, 2.75) is 13.8 Å². The molecular weight excluding hydrogens is 226 g/mol. The van der Waals surface area contributed by atoms with Crippen molar-refractivity contribution in [3.63, 3.8) is 0 Å². The predicted octanol–water partition coefficient (Wildman–Crippen LogP) is 1.59. The van der Waals surface area contributed by atoms with Gasteiger partial charge in [-0.05, 0) is 49.7 Å². The Morgan fingerprint density at radius 1 is 1.11 bits per heavy atom. The van der Waals surface area contributed by atoms with Gasteiger partial charge in [0, 0.05) is 26.2 Å². The van der Waals surface area contributed by atoms with Crippen LogP contribution in [0.5, 0.6) is 5.75 Å². The van der Waals surface area contributed by atoms with Crippen LogP contribution in [0.4, 0.5) is 0 Å². The summed E-state index contributed by atoms with van der Waals surface area (Å²) in [5, 5.41) is 16.3. The number of benzene rings is 1. The maximum atomic E-state index is 9.72. The van der Waals surface area contributed by atoms with Gasteiger partial charge in [-0.3, -0.25) is 5.01 Å². The number of rotatable bonds is 2. The number of aryl methyl sites for hydroxylation is 2. The summed E-state index contributed by atoms with van der Waals surface area (Å²) in [4.78, 5) is 2.31. The van der Waals surface area contributed by atoms with E-state index in [9.17, 15) is 5.11 Å². The third kappa shape index (κ3) is 3.01. The molecule has 98 valence electrons. The molecule has 0 saturated carbocycles. The molecule has 1 saturated heterocycles. The van der Waals surface area contributed by atoms with Crippen molar-refractivity contribution in [2.24, 2.45) is 5.10 Å². The highest BCUT2D eigenvalue weighted by Gasteiger charge is 2.10. The minimum Gasteiger partial charge on any atom is -0.507 e. The Morgan fingerprint density at radius 3 is 2.22 bits per heavy atom. The van der Waals surface area contributed by atoms with Gasteiger partial charge < -0.3 is 10.0 Å². The normalized spacial score (nSPS) is 17.6. The minimum atomic E-state index is 0.381. The van der Waals surface area contributed by atoms with Crippen molar-refractivity contribution >= 4 is 6.21 Å². The molecule has 0 spiro atoms. The number of nitrogens with zero attached hydrogens (tertiary/aromatic N) is 3. The molecule has 0 amide bonds. The molecule has 0 aromatic heterocycles. The van der Waals surface area contributed by atoms with E-state index in [0.717, 1.165) is 42.9 Å². The van der Waals surface area contributed by atoms with Crippen molar-refractivity contribution in [3.05, 3.63) is 28.8 Å². The Balaban J connectivity index is 2.05. The third-order valence-electron chi connectivity index (χ3n) is 3.36. The lowest BCUT2D eigenvalue weighted by Crippen LogP contribution is -2.41. The van der Waals surface area contributed by atoms with Crippen molar-refractivity contribution in [3.8, 4) is 5.75 Å². The molecule has 1 aromatic rings. The molecule has 2 rings (SSSR count). The van der Waals surface area contributed by atoms with Gasteiger partial charge in [0.2, 0.25) is 0 Å². The molecule has 0 bridgehead atoms. The van der Waals surface area contributed by atoms with E-state index in [1.54, 1.807) is 0 Å². The average Bonchev–Trinajstić information content (AvgIpc) is 2.35. The van der Waals surface area contributed by atoms with Crippen LogP contribution in [-0.4, -0.2) is 54.5 Å². The van der Waals surface area contributed by atoms with E-state index in [1.807, 2.05) is 32.2 Å². The quantitative estimate of drug-likeness (QED) is 0.807. The Hall–Kier alpha value is -1.55. The van der Waals surface area contributed by atoms with E-state index in [0.29, 0.717) is 5.75 Å². The standard InChI is InChI=1S/C14H21N3O/c1-11-8-13(9-12(2)14(11)18)10-15-17-6-4-16(3)5-7-17/h8-10,18H,4-7H2,1-3H3. The molecule has 4 nitrogen and oxygen atoms in total. The Morgan fingerprint density at radius 2 is 1.67 bits per heavy atom. The first-order valence-electron chi connectivity index (χ1n) is 6.34. The molecule has 0 radical (unpaired) electrons. The van der Waals surface area contributed by atoms with Gasteiger partial charge >= 0.3 is 0 Å². The number of hydrogen-bond acceptors (Lipinski definition) is 4. The molecule has 0 aliphatic carbocycles. The molecule has 4 heteroatoms. The maximum Gasteiger partial charge on any atom is 0.121 e. The first-order valence-corrected chi connectivity index (χ1v) is 6.34. The van der Waals surface area contributed by atoms with Crippen LogP contribution in [0.15, 0.2) is 17.2 Å². The van der Waals surface area contributed by atoms with Gasteiger partial charge in [-0.15, -0.1) is 0 Å². The van der Waals surface area contributed by atoms with Crippen LogP contribution < -0.4 is 0 Å². The van der Waals surface area contributed by atoms with Crippen LogP contribution in [0, 0.1) is 13.8 Å². The van der Waals surface area contributed by atoms with Gasteiger partial charge in [-0.1, -0.05) is 0 Å². The van der Waals surface area contributed by atoms with Crippen LogP contribution in [0.2, 0.25) is 0 Å². The summed E-state index contributed by atoms with van der Waals surface area (Å²) in [5.41, 5.74) is 2.84. The van der Waals surface area contributed by atoms with Crippen LogP contribution >= 0.6 is 0 Å². The molecule has 1 aromatic carbocycles. The highest BCUT2D eigenvalue weighted by molar-refractivity contribution is 5.80. The molecule has 0 atom stereocenters. The van der Waals surface area contributed by atoms with Crippen LogP contribution in [0.25, 0.3) is 0 Å². The van der Waals surface area contributed by atoms with E-state index < -0.39 is 0 Å². The minimum absolute atomic E-state index is 0.381. The number of hydrazone groups is 1. The van der Waals surface area contributed by atoms with Crippen molar-refractivity contribution in [2.75, 3.05) is 33.2 Å². The molecule has 1 fully saturated rings. The molecular formula is C14H21N3O. The van der Waals surface area contributed by atoms with E-state index >= 15 is 0 Å². The first-order chi connectivity index (χ1) is 8.56. The number of aromatic hydroxyl groups is 1. The van der Waals surface area contributed by atoms with Gasteiger partial charge in [0.05, 0.1) is 6.21 Å². The zero-order valence-corrected chi connectivity index (χ0v) is 11.3. The largest absolute Gasteiger partial charge is 0.507 e. The second-order valence-corrected chi connectivity index (χ2v) is 5.00.